The molecule has 0 N–H and O–H groups in total. The largest absolute Gasteiger partial charge is 0.461 e. The topological polar surface area (TPSA) is 59.0 Å². The first-order valence-corrected chi connectivity index (χ1v) is 6.31. The zero-order valence-corrected chi connectivity index (χ0v) is 11.5. The third-order valence-electron chi connectivity index (χ3n) is 2.42. The van der Waals surface area contributed by atoms with Gasteiger partial charge in [0.25, 0.3) is 5.91 Å². The summed E-state index contributed by atoms with van der Waals surface area (Å²) in [7, 11) is 0. The number of hydrogen-bond donors (Lipinski definition) is 0. The molecule has 0 bridgehead atoms. The van der Waals surface area contributed by atoms with Crippen molar-refractivity contribution in [1.82, 2.24) is 0 Å². The van der Waals surface area contributed by atoms with Crippen LogP contribution in [0.4, 0.5) is 5.69 Å². The Kier molecular flexibility index (Phi) is 4.07. The Labute approximate surface area is 119 Å². The highest BCUT2D eigenvalue weighted by molar-refractivity contribution is 6.43. The summed E-state index contributed by atoms with van der Waals surface area (Å²) in [5, 5.41) is 5.76. The second-order valence-corrected chi connectivity index (χ2v) is 4.59. The van der Waals surface area contributed by atoms with Crippen LogP contribution in [0.5, 0.6) is 0 Å². The average molecular weight is 301 g/mol. The van der Waals surface area contributed by atoms with Crippen molar-refractivity contribution in [3.05, 3.63) is 28.2 Å². The maximum absolute atomic E-state index is 11.9. The minimum Gasteiger partial charge on any atom is -0.461 e. The highest BCUT2D eigenvalue weighted by atomic mass is 35.5. The number of esters is 1. The molecular weight excluding hydrogens is 291 g/mol. The van der Waals surface area contributed by atoms with Gasteiger partial charge in [-0.05, 0) is 25.1 Å². The van der Waals surface area contributed by atoms with E-state index in [2.05, 4.69) is 5.10 Å². The number of hydrogen-bond acceptors (Lipinski definition) is 4. The molecule has 0 saturated heterocycles. The van der Waals surface area contributed by atoms with Crippen LogP contribution < -0.4 is 5.01 Å². The van der Waals surface area contributed by atoms with Gasteiger partial charge < -0.3 is 4.74 Å². The molecule has 0 aliphatic carbocycles. The monoisotopic (exact) mass is 300 g/mol. The lowest BCUT2D eigenvalue weighted by Gasteiger charge is -2.13. The molecule has 0 radical (unpaired) electrons. The smallest absolute Gasteiger partial charge is 0.355 e. The van der Waals surface area contributed by atoms with Gasteiger partial charge in [-0.25, -0.2) is 4.79 Å². The summed E-state index contributed by atoms with van der Waals surface area (Å²) in [6, 6.07) is 4.67. The van der Waals surface area contributed by atoms with Gasteiger partial charge >= 0.3 is 5.97 Å². The molecule has 0 unspecified atom stereocenters. The van der Waals surface area contributed by atoms with Gasteiger partial charge in [0.05, 0.1) is 23.7 Å². The fourth-order valence-corrected chi connectivity index (χ4v) is 1.96. The molecule has 0 spiro atoms. The Balaban J connectivity index is 2.32. The van der Waals surface area contributed by atoms with Gasteiger partial charge in [-0.1, -0.05) is 23.2 Å². The molecule has 1 aromatic carbocycles. The van der Waals surface area contributed by atoms with E-state index in [0.29, 0.717) is 15.7 Å². The van der Waals surface area contributed by atoms with Crippen molar-refractivity contribution in [3.8, 4) is 0 Å². The first-order chi connectivity index (χ1) is 9.02. The predicted molar refractivity (Wildman–Crippen MR) is 72.6 cm³/mol. The van der Waals surface area contributed by atoms with Gasteiger partial charge in [0.2, 0.25) is 0 Å². The van der Waals surface area contributed by atoms with Crippen molar-refractivity contribution in [2.45, 2.75) is 13.3 Å². The first kappa shape index (κ1) is 13.8. The van der Waals surface area contributed by atoms with Crippen LogP contribution in [0.25, 0.3) is 0 Å². The van der Waals surface area contributed by atoms with Gasteiger partial charge in [0.15, 0.2) is 5.71 Å². The lowest BCUT2D eigenvalue weighted by molar-refractivity contribution is -0.135. The summed E-state index contributed by atoms with van der Waals surface area (Å²) < 4.78 is 4.80. The number of benzene rings is 1. The van der Waals surface area contributed by atoms with Crippen LogP contribution in [0.15, 0.2) is 23.3 Å². The highest BCUT2D eigenvalue weighted by Crippen LogP contribution is 2.31. The summed E-state index contributed by atoms with van der Waals surface area (Å²) in [5.41, 5.74) is 0.404. The summed E-state index contributed by atoms with van der Waals surface area (Å²) in [6.07, 6.45) is -0.109. The van der Waals surface area contributed by atoms with Gasteiger partial charge in [-0.3, -0.25) is 4.79 Å². The third kappa shape index (κ3) is 2.88. The van der Waals surface area contributed by atoms with Crippen molar-refractivity contribution in [1.29, 1.82) is 0 Å². The molecule has 0 saturated carbocycles. The van der Waals surface area contributed by atoms with Crippen LogP contribution >= 0.6 is 23.2 Å². The minimum absolute atomic E-state index is 0.0582. The van der Waals surface area contributed by atoms with Gasteiger partial charge in [-0.2, -0.15) is 10.1 Å². The van der Waals surface area contributed by atoms with E-state index in [1.54, 1.807) is 19.1 Å². The Morgan fingerprint density at radius 3 is 2.89 bits per heavy atom. The van der Waals surface area contributed by atoms with Crippen LogP contribution in [-0.2, 0) is 14.3 Å². The molecule has 100 valence electrons. The maximum atomic E-state index is 11.9. The highest BCUT2D eigenvalue weighted by Gasteiger charge is 2.31. The summed E-state index contributed by atoms with van der Waals surface area (Å²) >= 11 is 11.8. The Bertz CT molecular complexity index is 572. The average Bonchev–Trinajstić information content (AvgIpc) is 2.75. The van der Waals surface area contributed by atoms with Crippen molar-refractivity contribution in [2.75, 3.05) is 11.6 Å². The van der Waals surface area contributed by atoms with Gasteiger partial charge in [0.1, 0.15) is 0 Å². The first-order valence-electron chi connectivity index (χ1n) is 5.55. The van der Waals surface area contributed by atoms with Gasteiger partial charge in [0, 0.05) is 5.02 Å². The van der Waals surface area contributed by atoms with E-state index in [4.69, 9.17) is 27.9 Å². The van der Waals surface area contributed by atoms with Crippen LogP contribution in [0.1, 0.15) is 13.3 Å². The molecule has 1 heterocycles. The standard InChI is InChI=1S/C12H10Cl2N2O3/c1-2-19-12(18)9-6-11(17)16(15-9)10-5-7(13)3-4-8(10)14/h3-5H,2,6H2,1H3. The number of hydrazone groups is 1. The van der Waals surface area contributed by atoms with E-state index in [1.807, 2.05) is 0 Å². The summed E-state index contributed by atoms with van der Waals surface area (Å²) in [6.45, 7) is 1.91. The predicted octanol–water partition coefficient (Wildman–Crippen LogP) is 2.65. The van der Waals surface area contributed by atoms with E-state index in [9.17, 15) is 9.59 Å². The summed E-state index contributed by atoms with van der Waals surface area (Å²) in [4.78, 5) is 23.4. The SMILES string of the molecule is CCOC(=O)C1=NN(c2cc(Cl)ccc2Cl)C(=O)C1. The number of amides is 1. The normalized spacial score (nSPS) is 14.6. The number of anilines is 1. The van der Waals surface area contributed by atoms with Crippen LogP contribution in [0.2, 0.25) is 10.0 Å². The molecule has 7 heteroatoms. The molecule has 1 aliphatic rings. The molecule has 1 aromatic rings. The minimum atomic E-state index is -0.600. The van der Waals surface area contributed by atoms with Crippen molar-refractivity contribution in [3.63, 3.8) is 0 Å². The molecule has 1 aliphatic heterocycles. The van der Waals surface area contributed by atoms with E-state index in [1.165, 1.54) is 6.07 Å². The second-order valence-electron chi connectivity index (χ2n) is 3.75. The van der Waals surface area contributed by atoms with Crippen LogP contribution in [0.3, 0.4) is 0 Å². The number of carbonyl (C=O) groups excluding carboxylic acids is 2. The zero-order valence-electron chi connectivity index (χ0n) is 10.0. The van der Waals surface area contributed by atoms with Crippen molar-refractivity contribution < 1.29 is 14.3 Å². The molecule has 5 nitrogen and oxygen atoms in total. The number of ether oxygens (including phenoxy) is 1. The molecule has 0 atom stereocenters. The lowest BCUT2D eigenvalue weighted by atomic mass is 10.2. The molecule has 2 rings (SSSR count). The fourth-order valence-electron chi connectivity index (χ4n) is 1.59. The molecule has 0 fully saturated rings. The number of nitrogens with zero attached hydrogens (tertiary/aromatic N) is 2. The molecule has 1 amide bonds. The lowest BCUT2D eigenvalue weighted by Crippen LogP contribution is -2.20. The van der Waals surface area contributed by atoms with E-state index < -0.39 is 5.97 Å². The fraction of sp³-hybridized carbons (Fsp3) is 0.250. The molecule has 0 aromatic heterocycles. The molecule has 19 heavy (non-hydrogen) atoms. The molecular formula is C12H10Cl2N2O3. The van der Waals surface area contributed by atoms with E-state index in [-0.39, 0.29) is 24.6 Å². The van der Waals surface area contributed by atoms with E-state index >= 15 is 0 Å². The quantitative estimate of drug-likeness (QED) is 0.806. The van der Waals surface area contributed by atoms with Crippen molar-refractivity contribution in [2.24, 2.45) is 5.10 Å². The second kappa shape index (κ2) is 5.59. The Morgan fingerprint density at radius 1 is 1.47 bits per heavy atom. The van der Waals surface area contributed by atoms with E-state index in [0.717, 1.165) is 5.01 Å². The zero-order chi connectivity index (χ0) is 14.0. The maximum Gasteiger partial charge on any atom is 0.355 e. The number of rotatable bonds is 3. The van der Waals surface area contributed by atoms with Crippen LogP contribution in [0, 0.1) is 0 Å². The van der Waals surface area contributed by atoms with Crippen molar-refractivity contribution >= 4 is 46.5 Å². The third-order valence-corrected chi connectivity index (χ3v) is 2.98. The number of halogens is 2. The number of carbonyl (C=O) groups is 2. The Hall–Kier alpha value is -1.59. The summed E-state index contributed by atoms with van der Waals surface area (Å²) in [5.74, 6) is -0.955. The Morgan fingerprint density at radius 2 is 2.21 bits per heavy atom. The van der Waals surface area contributed by atoms with Gasteiger partial charge in [-0.15, -0.1) is 0 Å². The van der Waals surface area contributed by atoms with Crippen LogP contribution in [-0.4, -0.2) is 24.2 Å².